The average Bonchev–Trinajstić information content (AvgIpc) is 2.76. The van der Waals surface area contributed by atoms with Crippen molar-refractivity contribution in [1.29, 1.82) is 0 Å². The molecule has 2 aromatic rings. The lowest BCUT2D eigenvalue weighted by Crippen LogP contribution is -1.92. The lowest BCUT2D eigenvalue weighted by molar-refractivity contribution is 0.715. The third-order valence-electron chi connectivity index (χ3n) is 2.26. The van der Waals surface area contributed by atoms with Gasteiger partial charge in [-0.25, -0.2) is 0 Å². The number of aromatic amines is 1. The van der Waals surface area contributed by atoms with E-state index in [-0.39, 0.29) is 0 Å². The van der Waals surface area contributed by atoms with Gasteiger partial charge in [-0.2, -0.15) is 5.10 Å². The van der Waals surface area contributed by atoms with Gasteiger partial charge in [-0.3, -0.25) is 9.78 Å². The molecule has 0 aliphatic carbocycles. The van der Waals surface area contributed by atoms with Crippen LogP contribution in [0.1, 0.15) is 18.9 Å². The Hall–Kier alpha value is -1.85. The fraction of sp³-hybridized carbons (Fsp3) is 0.444. The van der Waals surface area contributed by atoms with Crippen molar-refractivity contribution < 1.29 is 0 Å². The number of hydrogen-bond donors (Lipinski definition) is 2. The van der Waals surface area contributed by atoms with Crippen LogP contribution in [0.2, 0.25) is 0 Å². The smallest absolute Gasteiger partial charge is 0.149 e. The Balaban J connectivity index is 2.43. The Kier molecular flexibility index (Phi) is 2.40. The summed E-state index contributed by atoms with van der Waals surface area (Å²) in [5.74, 6) is 0.553. The largest absolute Gasteiger partial charge is 0.382 e. The molecule has 15 heavy (non-hydrogen) atoms. The molecule has 0 unspecified atom stereocenters. The summed E-state index contributed by atoms with van der Waals surface area (Å²) in [5.41, 5.74) is 8.46. The SMILES string of the molecule is CCCc1c(N)n[nH]c1-c1cn(C)nn1. The molecule has 2 heterocycles. The molecule has 0 amide bonds. The quantitative estimate of drug-likeness (QED) is 0.775. The van der Waals surface area contributed by atoms with E-state index in [2.05, 4.69) is 27.4 Å². The second-order valence-corrected chi connectivity index (χ2v) is 3.49. The number of aryl methyl sites for hydroxylation is 1. The fourth-order valence-electron chi connectivity index (χ4n) is 1.56. The minimum Gasteiger partial charge on any atom is -0.382 e. The molecular weight excluding hydrogens is 192 g/mol. The van der Waals surface area contributed by atoms with E-state index < -0.39 is 0 Å². The van der Waals surface area contributed by atoms with Crippen molar-refractivity contribution in [3.63, 3.8) is 0 Å². The first-order valence-electron chi connectivity index (χ1n) is 4.91. The van der Waals surface area contributed by atoms with Crippen LogP contribution in [0.25, 0.3) is 11.4 Å². The van der Waals surface area contributed by atoms with E-state index in [9.17, 15) is 0 Å². The van der Waals surface area contributed by atoms with Gasteiger partial charge in [0.25, 0.3) is 0 Å². The molecule has 6 heteroatoms. The normalized spacial score (nSPS) is 10.8. The van der Waals surface area contributed by atoms with E-state index in [1.807, 2.05) is 13.2 Å². The van der Waals surface area contributed by atoms with Crippen molar-refractivity contribution in [2.45, 2.75) is 19.8 Å². The van der Waals surface area contributed by atoms with Crippen molar-refractivity contribution in [2.75, 3.05) is 5.73 Å². The molecule has 0 bridgehead atoms. The minimum absolute atomic E-state index is 0.553. The molecule has 2 aromatic heterocycles. The number of anilines is 1. The predicted molar refractivity (Wildman–Crippen MR) is 57.0 cm³/mol. The van der Waals surface area contributed by atoms with Crippen LogP contribution in [0.4, 0.5) is 5.82 Å². The van der Waals surface area contributed by atoms with Crippen molar-refractivity contribution in [3.8, 4) is 11.4 Å². The summed E-state index contributed by atoms with van der Waals surface area (Å²) in [7, 11) is 1.83. The third-order valence-corrected chi connectivity index (χ3v) is 2.26. The van der Waals surface area contributed by atoms with Crippen LogP contribution in [-0.2, 0) is 13.5 Å². The second-order valence-electron chi connectivity index (χ2n) is 3.49. The highest BCUT2D eigenvalue weighted by molar-refractivity contribution is 5.63. The molecule has 3 N–H and O–H groups in total. The fourth-order valence-corrected chi connectivity index (χ4v) is 1.56. The summed E-state index contributed by atoms with van der Waals surface area (Å²) >= 11 is 0. The van der Waals surface area contributed by atoms with Crippen LogP contribution < -0.4 is 5.73 Å². The van der Waals surface area contributed by atoms with Crippen molar-refractivity contribution in [3.05, 3.63) is 11.8 Å². The van der Waals surface area contributed by atoms with Crippen molar-refractivity contribution in [1.82, 2.24) is 25.2 Å². The maximum Gasteiger partial charge on any atom is 0.149 e. The number of H-pyrrole nitrogens is 1. The highest BCUT2D eigenvalue weighted by Crippen LogP contribution is 2.24. The maximum atomic E-state index is 5.77. The highest BCUT2D eigenvalue weighted by Gasteiger charge is 2.13. The maximum absolute atomic E-state index is 5.77. The van der Waals surface area contributed by atoms with Gasteiger partial charge in [0.1, 0.15) is 11.5 Å². The Morgan fingerprint density at radius 2 is 2.33 bits per heavy atom. The first-order chi connectivity index (χ1) is 7.22. The molecule has 0 aromatic carbocycles. The number of nitrogen functional groups attached to an aromatic ring is 1. The third kappa shape index (κ3) is 1.70. The first-order valence-corrected chi connectivity index (χ1v) is 4.91. The summed E-state index contributed by atoms with van der Waals surface area (Å²) in [6.45, 7) is 2.10. The van der Waals surface area contributed by atoms with Crippen molar-refractivity contribution >= 4 is 5.82 Å². The van der Waals surface area contributed by atoms with Gasteiger partial charge in [0.2, 0.25) is 0 Å². The van der Waals surface area contributed by atoms with Crippen LogP contribution in [0.15, 0.2) is 6.20 Å². The topological polar surface area (TPSA) is 85.4 Å². The first kappa shape index (κ1) is 9.70. The zero-order valence-corrected chi connectivity index (χ0v) is 8.86. The van der Waals surface area contributed by atoms with Gasteiger partial charge in [-0.15, -0.1) is 5.10 Å². The van der Waals surface area contributed by atoms with Gasteiger partial charge in [0.15, 0.2) is 0 Å². The van der Waals surface area contributed by atoms with Gasteiger partial charge in [-0.1, -0.05) is 18.6 Å². The standard InChI is InChI=1S/C9H14N6/c1-3-4-6-8(12-13-9(6)10)7-5-15(2)14-11-7/h5H,3-4H2,1-2H3,(H3,10,12,13). The van der Waals surface area contributed by atoms with Crippen molar-refractivity contribution in [2.24, 2.45) is 7.05 Å². The summed E-state index contributed by atoms with van der Waals surface area (Å²) in [4.78, 5) is 0. The van der Waals surface area contributed by atoms with E-state index in [1.165, 1.54) is 0 Å². The average molecular weight is 206 g/mol. The van der Waals surface area contributed by atoms with Gasteiger partial charge >= 0.3 is 0 Å². The molecule has 0 atom stereocenters. The molecular formula is C9H14N6. The predicted octanol–water partition coefficient (Wildman–Crippen LogP) is 0.740. The van der Waals surface area contributed by atoms with Crippen LogP contribution in [0.3, 0.4) is 0 Å². The summed E-state index contributed by atoms with van der Waals surface area (Å²) in [6, 6.07) is 0. The minimum atomic E-state index is 0.553. The van der Waals surface area contributed by atoms with Crippen LogP contribution in [-0.4, -0.2) is 25.2 Å². The summed E-state index contributed by atoms with van der Waals surface area (Å²) in [5, 5.41) is 14.8. The van der Waals surface area contributed by atoms with E-state index >= 15 is 0 Å². The van der Waals surface area contributed by atoms with Crippen LogP contribution in [0.5, 0.6) is 0 Å². The lowest BCUT2D eigenvalue weighted by atomic mass is 10.1. The molecule has 0 fully saturated rings. The molecule has 0 saturated carbocycles. The van der Waals surface area contributed by atoms with Gasteiger partial charge in [-0.05, 0) is 6.42 Å². The second kappa shape index (κ2) is 3.72. The highest BCUT2D eigenvalue weighted by atomic mass is 15.4. The molecule has 80 valence electrons. The molecule has 0 radical (unpaired) electrons. The molecule has 6 nitrogen and oxygen atoms in total. The molecule has 2 rings (SSSR count). The van der Waals surface area contributed by atoms with Gasteiger partial charge in [0, 0.05) is 12.6 Å². The number of nitrogens with two attached hydrogens (primary N) is 1. The molecule has 0 spiro atoms. The summed E-state index contributed by atoms with van der Waals surface area (Å²) < 4.78 is 1.65. The van der Waals surface area contributed by atoms with E-state index in [0.29, 0.717) is 5.82 Å². The summed E-state index contributed by atoms with van der Waals surface area (Å²) in [6.07, 6.45) is 3.76. The number of rotatable bonds is 3. The Morgan fingerprint density at radius 3 is 2.93 bits per heavy atom. The van der Waals surface area contributed by atoms with E-state index in [0.717, 1.165) is 29.8 Å². The Morgan fingerprint density at radius 1 is 1.53 bits per heavy atom. The molecule has 0 aliphatic heterocycles. The van der Waals surface area contributed by atoms with E-state index in [4.69, 9.17) is 5.73 Å². The zero-order chi connectivity index (χ0) is 10.8. The number of nitrogens with zero attached hydrogens (tertiary/aromatic N) is 4. The zero-order valence-electron chi connectivity index (χ0n) is 8.86. The van der Waals surface area contributed by atoms with Gasteiger partial charge < -0.3 is 5.73 Å². The van der Waals surface area contributed by atoms with Gasteiger partial charge in [0.05, 0.1) is 11.9 Å². The number of nitrogens with one attached hydrogen (secondary N) is 1. The lowest BCUT2D eigenvalue weighted by Gasteiger charge is -1.98. The molecule has 0 aliphatic rings. The number of aromatic nitrogens is 5. The van der Waals surface area contributed by atoms with Crippen LogP contribution in [0, 0.1) is 0 Å². The Labute approximate surface area is 87.5 Å². The Bertz CT molecular complexity index is 455. The number of hydrogen-bond acceptors (Lipinski definition) is 4. The monoisotopic (exact) mass is 206 g/mol. The van der Waals surface area contributed by atoms with Crippen LogP contribution >= 0.6 is 0 Å². The molecule has 0 saturated heterocycles. The van der Waals surface area contributed by atoms with E-state index in [1.54, 1.807) is 4.68 Å².